The van der Waals surface area contributed by atoms with Crippen molar-refractivity contribution in [2.24, 2.45) is 0 Å². The zero-order chi connectivity index (χ0) is 32.5. The van der Waals surface area contributed by atoms with Crippen LogP contribution in [0.25, 0.3) is 22.4 Å². The molecule has 2 aromatic heterocycles. The minimum Gasteiger partial charge on any atom is -0.371 e. The summed E-state index contributed by atoms with van der Waals surface area (Å²) in [6.45, 7) is 13.5. The van der Waals surface area contributed by atoms with E-state index in [1.807, 2.05) is 30.3 Å². The number of likely N-dealkylation sites (tertiary alicyclic amines) is 1. The third kappa shape index (κ3) is 6.37. The van der Waals surface area contributed by atoms with E-state index in [-0.39, 0.29) is 17.5 Å². The molecule has 2 aromatic carbocycles. The van der Waals surface area contributed by atoms with Crippen LogP contribution < -0.4 is 15.8 Å². The number of fused-ring (bicyclic) bond motifs is 1. The highest BCUT2D eigenvalue weighted by atomic mass is 16.2. The molecule has 3 aliphatic heterocycles. The van der Waals surface area contributed by atoms with Gasteiger partial charge in [-0.1, -0.05) is 36.9 Å². The van der Waals surface area contributed by atoms with Crippen LogP contribution in [0.2, 0.25) is 0 Å². The predicted molar refractivity (Wildman–Crippen MR) is 186 cm³/mol. The van der Waals surface area contributed by atoms with E-state index in [4.69, 9.17) is 9.97 Å². The van der Waals surface area contributed by atoms with E-state index in [9.17, 15) is 9.59 Å². The maximum atomic E-state index is 14.0. The molecule has 3 saturated heterocycles. The third-order valence-electron chi connectivity index (χ3n) is 10.0. The Kier molecular flexibility index (Phi) is 8.74. The summed E-state index contributed by atoms with van der Waals surface area (Å²) in [5.41, 5.74) is 5.14. The van der Waals surface area contributed by atoms with Gasteiger partial charge < -0.3 is 20.0 Å². The highest BCUT2D eigenvalue weighted by Gasteiger charge is 2.30. The van der Waals surface area contributed by atoms with Crippen molar-refractivity contribution in [1.29, 1.82) is 0 Å². The fourth-order valence-corrected chi connectivity index (χ4v) is 7.34. The number of rotatable bonds is 7. The van der Waals surface area contributed by atoms with E-state index in [1.54, 1.807) is 15.7 Å². The summed E-state index contributed by atoms with van der Waals surface area (Å²) in [6.07, 6.45) is 6.00. The van der Waals surface area contributed by atoms with Gasteiger partial charge in [-0.05, 0) is 63.1 Å². The molecule has 0 aliphatic carbocycles. The zero-order valence-corrected chi connectivity index (χ0v) is 27.3. The number of amides is 1. The van der Waals surface area contributed by atoms with Crippen LogP contribution in [0.15, 0.2) is 72.2 Å². The number of nitrogens with zero attached hydrogens (tertiary/aromatic N) is 8. The van der Waals surface area contributed by atoms with E-state index in [0.29, 0.717) is 48.4 Å². The molecule has 0 radical (unpaired) electrons. The first-order valence-corrected chi connectivity index (χ1v) is 16.7. The van der Waals surface area contributed by atoms with Crippen molar-refractivity contribution in [1.82, 2.24) is 34.2 Å². The van der Waals surface area contributed by atoms with Gasteiger partial charge in [0.2, 0.25) is 11.9 Å². The number of piperazine rings is 1. The average molecular weight is 634 g/mol. The monoisotopic (exact) mass is 633 g/mol. The number of carbonyl (C=O) groups is 1. The lowest BCUT2D eigenvalue weighted by molar-refractivity contribution is -0.125. The second-order valence-electron chi connectivity index (χ2n) is 13.0. The molecule has 7 rings (SSSR count). The smallest absolute Gasteiger partial charge is 0.279 e. The van der Waals surface area contributed by atoms with Crippen LogP contribution in [0.4, 0.5) is 17.3 Å². The van der Waals surface area contributed by atoms with Gasteiger partial charge in [0.05, 0.1) is 12.2 Å². The number of hydrogen-bond acceptors (Lipinski definition) is 9. The number of aryl methyl sites for hydroxylation is 1. The summed E-state index contributed by atoms with van der Waals surface area (Å²) >= 11 is 0. The van der Waals surface area contributed by atoms with Crippen molar-refractivity contribution in [3.8, 4) is 11.3 Å². The van der Waals surface area contributed by atoms with Crippen LogP contribution in [0.3, 0.4) is 0 Å². The molecule has 1 atom stereocenters. The molecule has 1 N–H and O–H groups in total. The Morgan fingerprint density at radius 3 is 2.40 bits per heavy atom. The number of benzene rings is 2. The van der Waals surface area contributed by atoms with Crippen molar-refractivity contribution in [2.75, 3.05) is 69.6 Å². The second-order valence-corrected chi connectivity index (χ2v) is 13.0. The quantitative estimate of drug-likeness (QED) is 0.302. The number of likely N-dealkylation sites (N-methyl/N-ethyl adjacent to an activating group) is 1. The van der Waals surface area contributed by atoms with Crippen LogP contribution >= 0.6 is 0 Å². The van der Waals surface area contributed by atoms with Gasteiger partial charge in [-0.15, -0.1) is 0 Å². The van der Waals surface area contributed by atoms with Crippen LogP contribution in [0, 0.1) is 6.92 Å². The summed E-state index contributed by atoms with van der Waals surface area (Å²) < 4.78 is 1.70. The normalized spacial score (nSPS) is 19.7. The van der Waals surface area contributed by atoms with Gasteiger partial charge >= 0.3 is 0 Å². The molecule has 5 heterocycles. The molecule has 0 spiro atoms. The standard InChI is InChI=1S/C36H43N9O2/c1-4-32(46)44-17-14-29(24-44)45-34-30(39-33(35(45)47)26-8-6-5-7-9-26)23-37-36(40-34)38-27-10-11-31(25(2)22-27)43-15-12-28(13-16-43)42-20-18-41(3)19-21-42/h4-11,22-23,28-29H,1,12-21,24H2,2-3H3,(H,37,38,40)/t29-/m0/s1. The van der Waals surface area contributed by atoms with E-state index in [0.717, 1.165) is 37.4 Å². The largest absolute Gasteiger partial charge is 0.371 e. The number of anilines is 3. The fraction of sp³-hybridized carbons (Fsp3) is 0.417. The Bertz CT molecular complexity index is 1830. The SMILES string of the molecule is C=CC(=O)N1CC[C@H](n2c(=O)c(-c3ccccc3)nc3cnc(Nc4ccc(N5CCC(N6CCN(C)CC6)CC5)c(C)c4)nc32)C1. The van der Waals surface area contributed by atoms with Crippen molar-refractivity contribution < 1.29 is 4.79 Å². The minimum absolute atomic E-state index is 0.141. The van der Waals surface area contributed by atoms with Crippen molar-refractivity contribution in [2.45, 2.75) is 38.3 Å². The Hall–Kier alpha value is -4.61. The topological polar surface area (TPSA) is 103 Å². The maximum Gasteiger partial charge on any atom is 0.279 e. The average Bonchev–Trinajstić information content (AvgIpc) is 3.58. The van der Waals surface area contributed by atoms with Gasteiger partial charge in [-0.25, -0.2) is 9.97 Å². The highest BCUT2D eigenvalue weighted by molar-refractivity contribution is 5.87. The Balaban J connectivity index is 1.13. The van der Waals surface area contributed by atoms with Crippen molar-refractivity contribution in [3.05, 3.63) is 83.3 Å². The first kappa shape index (κ1) is 31.0. The molecule has 0 saturated carbocycles. The molecular weight excluding hydrogens is 590 g/mol. The summed E-state index contributed by atoms with van der Waals surface area (Å²) in [5.74, 6) is 0.245. The number of hydrogen-bond donors (Lipinski definition) is 1. The predicted octanol–water partition coefficient (Wildman–Crippen LogP) is 4.08. The van der Waals surface area contributed by atoms with Crippen LogP contribution in [0.5, 0.6) is 0 Å². The molecule has 11 nitrogen and oxygen atoms in total. The van der Waals surface area contributed by atoms with Gasteiger partial charge in [0.1, 0.15) is 11.2 Å². The van der Waals surface area contributed by atoms with E-state index >= 15 is 0 Å². The van der Waals surface area contributed by atoms with Crippen LogP contribution in [0.1, 0.15) is 30.9 Å². The van der Waals surface area contributed by atoms with Gasteiger partial charge in [-0.2, -0.15) is 4.98 Å². The number of nitrogens with one attached hydrogen (secondary N) is 1. The molecule has 0 unspecified atom stereocenters. The molecule has 3 aliphatic rings. The molecule has 4 aromatic rings. The highest BCUT2D eigenvalue weighted by Crippen LogP contribution is 2.30. The molecular formula is C36H43N9O2. The van der Waals surface area contributed by atoms with Gasteiger partial charge in [0.15, 0.2) is 5.65 Å². The maximum absolute atomic E-state index is 14.0. The van der Waals surface area contributed by atoms with Gasteiger partial charge in [-0.3, -0.25) is 19.1 Å². The lowest BCUT2D eigenvalue weighted by atomic mass is 10.0. The van der Waals surface area contributed by atoms with Gasteiger partial charge in [0, 0.05) is 75.3 Å². The van der Waals surface area contributed by atoms with E-state index < -0.39 is 0 Å². The summed E-state index contributed by atoms with van der Waals surface area (Å²) in [4.78, 5) is 49.9. The van der Waals surface area contributed by atoms with Crippen LogP contribution in [-0.2, 0) is 4.79 Å². The molecule has 0 bridgehead atoms. The van der Waals surface area contributed by atoms with E-state index in [2.05, 4.69) is 63.7 Å². The summed E-state index contributed by atoms with van der Waals surface area (Å²) in [5, 5.41) is 3.37. The van der Waals surface area contributed by atoms with Crippen molar-refractivity contribution in [3.63, 3.8) is 0 Å². The molecule has 244 valence electrons. The number of carbonyl (C=O) groups excluding carboxylic acids is 1. The Labute approximate surface area is 275 Å². The lowest BCUT2D eigenvalue weighted by Crippen LogP contribution is -2.52. The fourth-order valence-electron chi connectivity index (χ4n) is 7.34. The summed E-state index contributed by atoms with van der Waals surface area (Å²) in [6, 6.07) is 16.3. The number of piperidine rings is 1. The first-order chi connectivity index (χ1) is 22.9. The molecule has 11 heteroatoms. The summed E-state index contributed by atoms with van der Waals surface area (Å²) in [7, 11) is 2.21. The minimum atomic E-state index is -0.246. The lowest BCUT2D eigenvalue weighted by Gasteiger charge is -2.43. The van der Waals surface area contributed by atoms with Gasteiger partial charge in [0.25, 0.3) is 5.56 Å². The number of aromatic nitrogens is 4. The third-order valence-corrected chi connectivity index (χ3v) is 10.0. The van der Waals surface area contributed by atoms with Crippen LogP contribution in [-0.4, -0.2) is 106 Å². The molecule has 47 heavy (non-hydrogen) atoms. The second kappa shape index (κ2) is 13.2. The molecule has 3 fully saturated rings. The zero-order valence-electron chi connectivity index (χ0n) is 27.3. The van der Waals surface area contributed by atoms with Crippen molar-refractivity contribution >= 4 is 34.4 Å². The Morgan fingerprint density at radius 2 is 1.68 bits per heavy atom. The van der Waals surface area contributed by atoms with E-state index in [1.165, 1.54) is 43.3 Å². The molecule has 1 amide bonds. The first-order valence-electron chi connectivity index (χ1n) is 16.7. The Morgan fingerprint density at radius 1 is 0.936 bits per heavy atom.